The molecule has 6 heteroatoms. The molecular weight excluding hydrogens is 300 g/mol. The average Bonchev–Trinajstić information content (AvgIpc) is 3.07. The van der Waals surface area contributed by atoms with E-state index in [1.807, 2.05) is 18.2 Å². The summed E-state index contributed by atoms with van der Waals surface area (Å²) in [7, 11) is 4.63. The topological polar surface area (TPSA) is 66.4 Å². The Bertz CT molecular complexity index is 726. The molecule has 2 aromatic carbocycles. The first-order valence-corrected chi connectivity index (χ1v) is 7.06. The summed E-state index contributed by atoms with van der Waals surface area (Å²) in [6.45, 7) is 0.0369. The summed E-state index contributed by atoms with van der Waals surface area (Å²) in [5.74, 6) is 2.81. The zero-order valence-corrected chi connectivity index (χ0v) is 13.2. The lowest BCUT2D eigenvalue weighted by Crippen LogP contribution is -2.01. The van der Waals surface area contributed by atoms with Crippen LogP contribution >= 0.6 is 0 Å². The number of ether oxygens (including phenoxy) is 5. The Morgan fingerprint density at radius 2 is 1.70 bits per heavy atom. The third kappa shape index (κ3) is 2.51. The molecule has 0 radical (unpaired) electrons. The largest absolute Gasteiger partial charge is 0.493 e. The standard InChI is InChI=1S/C17H18O6/c1-19-14-7-11(8-18)15(17(21-3)16(14)20-2)10-4-5-12-13(6-10)23-9-22-12/h4-7,18H,8-9H2,1-3H3. The van der Waals surface area contributed by atoms with Crippen LogP contribution in [0.5, 0.6) is 28.7 Å². The number of methoxy groups -OCH3 is 3. The molecule has 0 aromatic heterocycles. The summed E-state index contributed by atoms with van der Waals surface area (Å²) in [5.41, 5.74) is 2.22. The van der Waals surface area contributed by atoms with Crippen molar-refractivity contribution in [2.75, 3.05) is 28.1 Å². The van der Waals surface area contributed by atoms with Crippen molar-refractivity contribution in [2.24, 2.45) is 0 Å². The second kappa shape index (κ2) is 6.26. The van der Waals surface area contributed by atoms with E-state index in [9.17, 15) is 5.11 Å². The molecule has 23 heavy (non-hydrogen) atoms. The van der Waals surface area contributed by atoms with Crippen LogP contribution in [0.4, 0.5) is 0 Å². The zero-order chi connectivity index (χ0) is 16.4. The van der Waals surface area contributed by atoms with Crippen LogP contribution in [0, 0.1) is 0 Å². The fourth-order valence-electron chi connectivity index (χ4n) is 2.70. The fourth-order valence-corrected chi connectivity index (χ4v) is 2.70. The molecule has 0 fully saturated rings. The maximum atomic E-state index is 9.77. The Balaban J connectivity index is 2.24. The van der Waals surface area contributed by atoms with Crippen molar-refractivity contribution in [3.63, 3.8) is 0 Å². The number of aliphatic hydroxyl groups excluding tert-OH is 1. The fraction of sp³-hybridized carbons (Fsp3) is 0.294. The third-order valence-corrected chi connectivity index (χ3v) is 3.74. The van der Waals surface area contributed by atoms with E-state index in [0.29, 0.717) is 34.3 Å². The molecule has 0 amide bonds. The first kappa shape index (κ1) is 15.3. The molecule has 1 heterocycles. The first-order valence-electron chi connectivity index (χ1n) is 7.06. The predicted octanol–water partition coefficient (Wildman–Crippen LogP) is 2.60. The summed E-state index contributed by atoms with van der Waals surface area (Å²) in [4.78, 5) is 0. The SMILES string of the molecule is COc1cc(CO)c(-c2ccc3c(c2)OCO3)c(OC)c1OC. The number of benzene rings is 2. The van der Waals surface area contributed by atoms with Gasteiger partial charge in [-0.15, -0.1) is 0 Å². The van der Waals surface area contributed by atoms with E-state index in [2.05, 4.69) is 0 Å². The molecule has 0 unspecified atom stereocenters. The second-order valence-electron chi connectivity index (χ2n) is 4.91. The first-order chi connectivity index (χ1) is 11.2. The smallest absolute Gasteiger partial charge is 0.231 e. The van der Waals surface area contributed by atoms with Gasteiger partial charge in [0.2, 0.25) is 12.5 Å². The van der Waals surface area contributed by atoms with Crippen molar-refractivity contribution >= 4 is 0 Å². The predicted molar refractivity (Wildman–Crippen MR) is 83.6 cm³/mol. The maximum Gasteiger partial charge on any atom is 0.231 e. The lowest BCUT2D eigenvalue weighted by atomic mass is 9.97. The average molecular weight is 318 g/mol. The van der Waals surface area contributed by atoms with Crippen molar-refractivity contribution in [1.29, 1.82) is 0 Å². The molecule has 3 rings (SSSR count). The quantitative estimate of drug-likeness (QED) is 0.914. The van der Waals surface area contributed by atoms with Crippen molar-refractivity contribution in [2.45, 2.75) is 6.61 Å². The summed E-state index contributed by atoms with van der Waals surface area (Å²) in [5, 5.41) is 9.77. The van der Waals surface area contributed by atoms with Crippen LogP contribution in [0.3, 0.4) is 0 Å². The van der Waals surface area contributed by atoms with Gasteiger partial charge >= 0.3 is 0 Å². The summed E-state index contributed by atoms with van der Waals surface area (Å²) in [6.07, 6.45) is 0. The molecule has 122 valence electrons. The molecule has 1 N–H and O–H groups in total. The Labute approximate surface area is 134 Å². The van der Waals surface area contributed by atoms with Gasteiger partial charge in [-0.1, -0.05) is 6.07 Å². The highest BCUT2D eigenvalue weighted by atomic mass is 16.7. The van der Waals surface area contributed by atoms with Gasteiger partial charge in [-0.25, -0.2) is 0 Å². The molecule has 0 atom stereocenters. The van der Waals surface area contributed by atoms with E-state index in [1.165, 1.54) is 0 Å². The molecule has 1 aliphatic heterocycles. The van der Waals surface area contributed by atoms with Crippen LogP contribution in [-0.4, -0.2) is 33.2 Å². The van der Waals surface area contributed by atoms with Gasteiger partial charge in [-0.2, -0.15) is 0 Å². The lowest BCUT2D eigenvalue weighted by molar-refractivity contribution is 0.174. The van der Waals surface area contributed by atoms with Crippen LogP contribution in [0.25, 0.3) is 11.1 Å². The van der Waals surface area contributed by atoms with Crippen LogP contribution in [-0.2, 0) is 6.61 Å². The number of fused-ring (bicyclic) bond motifs is 1. The highest BCUT2D eigenvalue weighted by molar-refractivity contribution is 5.81. The van der Waals surface area contributed by atoms with Gasteiger partial charge in [0.15, 0.2) is 23.0 Å². The molecule has 2 aromatic rings. The van der Waals surface area contributed by atoms with E-state index >= 15 is 0 Å². The van der Waals surface area contributed by atoms with Crippen LogP contribution in [0.15, 0.2) is 24.3 Å². The molecule has 0 saturated carbocycles. The Hall–Kier alpha value is -2.60. The van der Waals surface area contributed by atoms with Gasteiger partial charge in [-0.3, -0.25) is 0 Å². The van der Waals surface area contributed by atoms with Gasteiger partial charge < -0.3 is 28.8 Å². The van der Waals surface area contributed by atoms with Crippen molar-refractivity contribution in [3.05, 3.63) is 29.8 Å². The molecule has 0 bridgehead atoms. The molecule has 0 aliphatic carbocycles. The lowest BCUT2D eigenvalue weighted by Gasteiger charge is -2.19. The Morgan fingerprint density at radius 1 is 0.957 bits per heavy atom. The summed E-state index contributed by atoms with van der Waals surface area (Å²) in [6, 6.07) is 7.30. The van der Waals surface area contributed by atoms with Crippen LogP contribution in [0.2, 0.25) is 0 Å². The minimum Gasteiger partial charge on any atom is -0.493 e. The summed E-state index contributed by atoms with van der Waals surface area (Å²) < 4.78 is 27.1. The molecular formula is C17H18O6. The van der Waals surface area contributed by atoms with Crippen molar-refractivity contribution in [3.8, 4) is 39.9 Å². The Kier molecular flexibility index (Phi) is 4.16. The molecule has 6 nitrogen and oxygen atoms in total. The van der Waals surface area contributed by atoms with E-state index in [0.717, 1.165) is 11.1 Å². The highest BCUT2D eigenvalue weighted by Crippen LogP contribution is 2.48. The van der Waals surface area contributed by atoms with Gasteiger partial charge in [-0.05, 0) is 29.3 Å². The summed E-state index contributed by atoms with van der Waals surface area (Å²) >= 11 is 0. The maximum absolute atomic E-state index is 9.77. The van der Waals surface area contributed by atoms with Crippen molar-refractivity contribution < 1.29 is 28.8 Å². The number of aliphatic hydroxyl groups is 1. The second-order valence-corrected chi connectivity index (χ2v) is 4.91. The highest BCUT2D eigenvalue weighted by Gasteiger charge is 2.23. The molecule has 1 aliphatic rings. The number of hydrogen-bond acceptors (Lipinski definition) is 6. The van der Waals surface area contributed by atoms with E-state index in [1.54, 1.807) is 27.4 Å². The van der Waals surface area contributed by atoms with Crippen LogP contribution in [0.1, 0.15) is 5.56 Å². The number of rotatable bonds is 5. The molecule has 0 saturated heterocycles. The van der Waals surface area contributed by atoms with Gasteiger partial charge in [0.05, 0.1) is 27.9 Å². The van der Waals surface area contributed by atoms with Crippen molar-refractivity contribution in [1.82, 2.24) is 0 Å². The van der Waals surface area contributed by atoms with E-state index < -0.39 is 0 Å². The van der Waals surface area contributed by atoms with Gasteiger partial charge in [0.25, 0.3) is 0 Å². The number of hydrogen-bond donors (Lipinski definition) is 1. The van der Waals surface area contributed by atoms with Crippen LogP contribution < -0.4 is 23.7 Å². The van der Waals surface area contributed by atoms with E-state index in [4.69, 9.17) is 23.7 Å². The van der Waals surface area contributed by atoms with Gasteiger partial charge in [0.1, 0.15) is 0 Å². The molecule has 0 spiro atoms. The third-order valence-electron chi connectivity index (χ3n) is 3.74. The monoisotopic (exact) mass is 318 g/mol. The minimum atomic E-state index is -0.166. The zero-order valence-electron chi connectivity index (χ0n) is 13.2. The van der Waals surface area contributed by atoms with E-state index in [-0.39, 0.29) is 13.4 Å². The minimum absolute atomic E-state index is 0.166. The normalized spacial score (nSPS) is 12.2. The Morgan fingerprint density at radius 3 is 2.35 bits per heavy atom. The van der Waals surface area contributed by atoms with Gasteiger partial charge in [0, 0.05) is 5.56 Å².